The van der Waals surface area contributed by atoms with E-state index < -0.39 is 0 Å². The van der Waals surface area contributed by atoms with Crippen LogP contribution in [0.15, 0.2) is 18.2 Å². The largest absolute Gasteiger partial charge is 0.507 e. The number of benzene rings is 1. The van der Waals surface area contributed by atoms with Crippen LogP contribution in [0.3, 0.4) is 0 Å². The summed E-state index contributed by atoms with van der Waals surface area (Å²) in [6, 6.07) is 5.47. The smallest absolute Gasteiger partial charge is 0.257 e. The lowest BCUT2D eigenvalue weighted by Crippen LogP contribution is -2.44. The highest BCUT2D eigenvalue weighted by atomic mass is 16.5. The zero-order chi connectivity index (χ0) is 19.7. The average Bonchev–Trinajstić information content (AvgIpc) is 3.31. The van der Waals surface area contributed by atoms with E-state index in [1.54, 1.807) is 12.1 Å². The van der Waals surface area contributed by atoms with Crippen LogP contribution in [0.25, 0.3) is 0 Å². The molecule has 3 aliphatic rings. The van der Waals surface area contributed by atoms with Gasteiger partial charge in [-0.05, 0) is 63.1 Å². The fraction of sp³-hybridized carbons (Fsp3) is 0.682. The van der Waals surface area contributed by atoms with Crippen LogP contribution in [0.5, 0.6) is 5.75 Å². The second-order valence-electron chi connectivity index (χ2n) is 8.92. The van der Waals surface area contributed by atoms with E-state index in [9.17, 15) is 15.0 Å². The van der Waals surface area contributed by atoms with Crippen LogP contribution >= 0.6 is 0 Å². The number of rotatable bonds is 4. The van der Waals surface area contributed by atoms with E-state index in [1.165, 1.54) is 0 Å². The molecule has 6 nitrogen and oxygen atoms in total. The molecule has 1 amide bonds. The average molecular weight is 389 g/mol. The number of phenols is 1. The van der Waals surface area contributed by atoms with Gasteiger partial charge in [-0.25, -0.2) is 0 Å². The molecule has 0 bridgehead atoms. The van der Waals surface area contributed by atoms with E-state index in [0.29, 0.717) is 24.7 Å². The SMILES string of the molecule is Cc1ccc(O)c(C(=O)N2CCC3(CC2)CO[C@@H](CN2CCC[C@H]2CO)C3)c1. The number of carbonyl (C=O) groups excluding carboxylic acids is 1. The highest BCUT2D eigenvalue weighted by Gasteiger charge is 2.44. The minimum atomic E-state index is -0.0747. The molecule has 4 rings (SSSR count). The first-order chi connectivity index (χ1) is 13.5. The number of hydrogen-bond acceptors (Lipinski definition) is 5. The summed E-state index contributed by atoms with van der Waals surface area (Å²) in [4.78, 5) is 17.1. The summed E-state index contributed by atoms with van der Waals surface area (Å²) in [5.74, 6) is -0.0152. The van der Waals surface area contributed by atoms with Crippen LogP contribution < -0.4 is 0 Å². The number of phenolic OH excluding ortho intramolecular Hbond substituents is 1. The molecule has 0 unspecified atom stereocenters. The maximum Gasteiger partial charge on any atom is 0.257 e. The fourth-order valence-corrected chi connectivity index (χ4v) is 5.14. The van der Waals surface area contributed by atoms with Crippen LogP contribution in [0.2, 0.25) is 0 Å². The van der Waals surface area contributed by atoms with Gasteiger partial charge in [0, 0.05) is 25.7 Å². The Morgan fingerprint density at radius 1 is 1.29 bits per heavy atom. The van der Waals surface area contributed by atoms with Crippen LogP contribution in [0.4, 0.5) is 0 Å². The van der Waals surface area contributed by atoms with Crippen molar-refractivity contribution in [2.24, 2.45) is 5.41 Å². The molecule has 28 heavy (non-hydrogen) atoms. The number of aliphatic hydroxyl groups is 1. The van der Waals surface area contributed by atoms with Gasteiger partial charge >= 0.3 is 0 Å². The highest BCUT2D eigenvalue weighted by molar-refractivity contribution is 5.97. The van der Waals surface area contributed by atoms with Crippen LogP contribution in [0, 0.1) is 12.3 Å². The minimum absolute atomic E-state index is 0.0594. The number of aliphatic hydroxyl groups excluding tert-OH is 1. The first-order valence-corrected chi connectivity index (χ1v) is 10.6. The first kappa shape index (κ1) is 19.7. The van der Waals surface area contributed by atoms with Gasteiger partial charge in [0.1, 0.15) is 5.75 Å². The molecule has 6 heteroatoms. The van der Waals surface area contributed by atoms with Crippen molar-refractivity contribution in [3.05, 3.63) is 29.3 Å². The van der Waals surface area contributed by atoms with E-state index in [4.69, 9.17) is 4.74 Å². The van der Waals surface area contributed by atoms with Gasteiger partial charge in [0.05, 0.1) is 24.9 Å². The third-order valence-electron chi connectivity index (χ3n) is 6.93. The number of nitrogens with zero attached hydrogens (tertiary/aromatic N) is 2. The summed E-state index contributed by atoms with van der Waals surface area (Å²) in [5.41, 5.74) is 1.55. The Bertz CT molecular complexity index is 714. The van der Waals surface area contributed by atoms with Crippen molar-refractivity contribution in [1.82, 2.24) is 9.80 Å². The van der Waals surface area contributed by atoms with Gasteiger partial charge in [-0.1, -0.05) is 11.6 Å². The molecular formula is C22H32N2O4. The van der Waals surface area contributed by atoms with Gasteiger partial charge in [-0.15, -0.1) is 0 Å². The lowest BCUT2D eigenvalue weighted by Gasteiger charge is -2.38. The second kappa shape index (κ2) is 8.01. The minimum Gasteiger partial charge on any atom is -0.507 e. The van der Waals surface area contributed by atoms with Gasteiger partial charge in [-0.3, -0.25) is 9.69 Å². The Hall–Kier alpha value is -1.63. The van der Waals surface area contributed by atoms with Crippen molar-refractivity contribution in [2.45, 2.75) is 51.2 Å². The number of hydrogen-bond donors (Lipinski definition) is 2. The van der Waals surface area contributed by atoms with Crippen molar-refractivity contribution in [2.75, 3.05) is 39.4 Å². The van der Waals surface area contributed by atoms with Crippen molar-refractivity contribution < 1.29 is 19.7 Å². The summed E-state index contributed by atoms with van der Waals surface area (Å²) in [6.45, 7) is 6.33. The number of aromatic hydroxyl groups is 1. The Morgan fingerprint density at radius 3 is 2.82 bits per heavy atom. The predicted molar refractivity (Wildman–Crippen MR) is 106 cm³/mol. The van der Waals surface area contributed by atoms with Gasteiger partial charge in [0.2, 0.25) is 0 Å². The Balaban J connectivity index is 1.33. The summed E-state index contributed by atoms with van der Waals surface area (Å²) < 4.78 is 6.15. The van der Waals surface area contributed by atoms with E-state index >= 15 is 0 Å². The van der Waals surface area contributed by atoms with Crippen molar-refractivity contribution in [3.63, 3.8) is 0 Å². The van der Waals surface area contributed by atoms with Gasteiger partial charge in [-0.2, -0.15) is 0 Å². The van der Waals surface area contributed by atoms with E-state index in [-0.39, 0.29) is 29.8 Å². The summed E-state index contributed by atoms with van der Waals surface area (Å²) in [6.07, 6.45) is 5.41. The number of aryl methyl sites for hydroxylation is 1. The maximum absolute atomic E-state index is 12.8. The molecule has 0 radical (unpaired) electrons. The molecule has 3 aliphatic heterocycles. The standard InChI is InChI=1S/C22H32N2O4/c1-16-4-5-20(26)19(11-16)21(27)23-9-6-22(7-10-23)12-18(28-15-22)13-24-8-2-3-17(24)14-25/h4-5,11,17-18,25-26H,2-3,6-10,12-15H2,1H3/t17-,18+/m0/s1. The van der Waals surface area contributed by atoms with E-state index in [1.807, 2.05) is 17.9 Å². The zero-order valence-electron chi connectivity index (χ0n) is 16.8. The Labute approximate surface area is 167 Å². The molecule has 3 heterocycles. The van der Waals surface area contributed by atoms with Crippen LogP contribution in [-0.2, 0) is 4.74 Å². The van der Waals surface area contributed by atoms with E-state index in [2.05, 4.69) is 4.90 Å². The van der Waals surface area contributed by atoms with Gasteiger partial charge in [0.15, 0.2) is 0 Å². The van der Waals surface area contributed by atoms with Crippen molar-refractivity contribution in [1.29, 1.82) is 0 Å². The Morgan fingerprint density at radius 2 is 2.07 bits per heavy atom. The predicted octanol–water partition coefficient (Wildman–Crippen LogP) is 2.17. The molecule has 0 saturated carbocycles. The molecule has 0 aromatic heterocycles. The molecule has 154 valence electrons. The summed E-state index contributed by atoms with van der Waals surface area (Å²) in [7, 11) is 0. The lowest BCUT2D eigenvalue weighted by molar-refractivity contribution is 0.0400. The van der Waals surface area contributed by atoms with Crippen LogP contribution in [0.1, 0.15) is 48.0 Å². The normalized spacial score (nSPS) is 27.6. The first-order valence-electron chi connectivity index (χ1n) is 10.6. The van der Waals surface area contributed by atoms with Crippen molar-refractivity contribution in [3.8, 4) is 5.75 Å². The molecule has 0 aliphatic carbocycles. The fourth-order valence-electron chi connectivity index (χ4n) is 5.14. The topological polar surface area (TPSA) is 73.2 Å². The molecule has 1 spiro atoms. The monoisotopic (exact) mass is 388 g/mol. The summed E-state index contributed by atoms with van der Waals surface area (Å²) >= 11 is 0. The molecule has 1 aromatic carbocycles. The lowest BCUT2D eigenvalue weighted by atomic mass is 9.76. The molecule has 3 fully saturated rings. The maximum atomic E-state index is 12.8. The third-order valence-corrected chi connectivity index (χ3v) is 6.93. The number of amides is 1. The second-order valence-corrected chi connectivity index (χ2v) is 8.92. The molecular weight excluding hydrogens is 356 g/mol. The number of likely N-dealkylation sites (tertiary alicyclic amines) is 2. The van der Waals surface area contributed by atoms with Crippen LogP contribution in [-0.4, -0.2) is 77.5 Å². The molecule has 3 saturated heterocycles. The molecule has 2 atom stereocenters. The Kier molecular flexibility index (Phi) is 5.63. The molecule has 1 aromatic rings. The zero-order valence-corrected chi connectivity index (χ0v) is 16.8. The number of piperidine rings is 1. The quantitative estimate of drug-likeness (QED) is 0.827. The van der Waals surface area contributed by atoms with Gasteiger partial charge in [0.25, 0.3) is 5.91 Å². The van der Waals surface area contributed by atoms with E-state index in [0.717, 1.165) is 57.4 Å². The number of ether oxygens (including phenoxy) is 1. The molecule has 2 N–H and O–H groups in total. The van der Waals surface area contributed by atoms with Gasteiger partial charge < -0.3 is 19.8 Å². The number of carbonyl (C=O) groups is 1. The van der Waals surface area contributed by atoms with Crippen molar-refractivity contribution >= 4 is 5.91 Å². The summed E-state index contributed by atoms with van der Waals surface area (Å²) in [5, 5.41) is 19.6. The third kappa shape index (κ3) is 3.91. The highest BCUT2D eigenvalue weighted by Crippen LogP contribution is 2.43.